The number of rotatable bonds is 4. The molecule has 18 heavy (non-hydrogen) atoms. The maximum atomic E-state index is 3.69. The first-order chi connectivity index (χ1) is 8.69. The summed E-state index contributed by atoms with van der Waals surface area (Å²) in [5, 5.41) is 3.69. The Morgan fingerprint density at radius 1 is 1.28 bits per heavy atom. The number of anilines is 1. The van der Waals surface area contributed by atoms with Gasteiger partial charge in [0.05, 0.1) is 0 Å². The lowest BCUT2D eigenvalue weighted by Crippen LogP contribution is -2.38. The normalized spacial score (nSPS) is 18.2. The number of likely N-dealkylation sites (tertiary alicyclic amines) is 1. The van der Waals surface area contributed by atoms with Crippen LogP contribution in [0, 0.1) is 0 Å². The van der Waals surface area contributed by atoms with Crippen molar-refractivity contribution < 1.29 is 0 Å². The molecule has 1 saturated heterocycles. The van der Waals surface area contributed by atoms with E-state index in [-0.39, 0.29) is 0 Å². The molecule has 0 saturated carbocycles. The van der Waals surface area contributed by atoms with Crippen molar-refractivity contribution in [2.45, 2.75) is 45.6 Å². The number of nitrogens with zero attached hydrogens (tertiary/aromatic N) is 1. The molecule has 0 aromatic heterocycles. The van der Waals surface area contributed by atoms with Gasteiger partial charge in [0.25, 0.3) is 0 Å². The molecule has 100 valence electrons. The van der Waals surface area contributed by atoms with Crippen LogP contribution in [0.25, 0.3) is 0 Å². The van der Waals surface area contributed by atoms with Crippen LogP contribution in [0.4, 0.5) is 5.69 Å². The first-order valence-corrected chi connectivity index (χ1v) is 7.28. The van der Waals surface area contributed by atoms with E-state index in [9.17, 15) is 0 Å². The molecule has 0 radical (unpaired) electrons. The Labute approximate surface area is 111 Å². The fraction of sp³-hybridized carbons (Fsp3) is 0.625. The summed E-state index contributed by atoms with van der Waals surface area (Å²) in [7, 11) is 0. The molecule has 0 aliphatic carbocycles. The molecule has 1 aromatic carbocycles. The summed E-state index contributed by atoms with van der Waals surface area (Å²) in [6, 6.07) is 9.53. The molecule has 0 unspecified atom stereocenters. The molecule has 1 heterocycles. The molecule has 1 aliphatic rings. The summed E-state index contributed by atoms with van der Waals surface area (Å²) in [4.78, 5) is 2.53. The Hall–Kier alpha value is -1.02. The largest absolute Gasteiger partial charge is 0.382 e. The quantitative estimate of drug-likeness (QED) is 0.871. The Bertz CT molecular complexity index is 365. The number of hydrogen-bond donors (Lipinski definition) is 1. The van der Waals surface area contributed by atoms with Crippen LogP contribution in [-0.2, 0) is 0 Å². The van der Waals surface area contributed by atoms with E-state index in [0.717, 1.165) is 0 Å². The molecule has 1 fully saturated rings. The summed E-state index contributed by atoms with van der Waals surface area (Å²) in [6.45, 7) is 10.4. The van der Waals surface area contributed by atoms with E-state index in [1.54, 1.807) is 0 Å². The van der Waals surface area contributed by atoms with Gasteiger partial charge in [0, 0.05) is 24.8 Å². The molecule has 0 atom stereocenters. The molecule has 0 spiro atoms. The first-order valence-electron chi connectivity index (χ1n) is 7.28. The lowest BCUT2D eigenvalue weighted by Gasteiger charge is -2.32. The van der Waals surface area contributed by atoms with Crippen molar-refractivity contribution in [3.05, 3.63) is 29.8 Å². The summed E-state index contributed by atoms with van der Waals surface area (Å²) in [6.07, 6.45) is 2.53. The van der Waals surface area contributed by atoms with Crippen molar-refractivity contribution >= 4 is 5.69 Å². The van der Waals surface area contributed by atoms with Crippen molar-refractivity contribution in [3.8, 4) is 0 Å². The number of piperidine rings is 1. The molecule has 0 bridgehead atoms. The van der Waals surface area contributed by atoms with E-state index in [2.05, 4.69) is 55.3 Å². The number of nitrogens with one attached hydrogen (secondary N) is 1. The molecular formula is C16H26N2. The van der Waals surface area contributed by atoms with Crippen molar-refractivity contribution in [1.82, 2.24) is 4.90 Å². The SMILES string of the molecule is CCN1CCC(Nc2cccc(C(C)C)c2)CC1. The molecule has 0 amide bonds. The van der Waals surface area contributed by atoms with Crippen molar-refractivity contribution in [2.75, 3.05) is 25.0 Å². The lowest BCUT2D eigenvalue weighted by atomic mass is 10.0. The van der Waals surface area contributed by atoms with Gasteiger partial charge in [-0.2, -0.15) is 0 Å². The highest BCUT2D eigenvalue weighted by Gasteiger charge is 2.17. The van der Waals surface area contributed by atoms with Crippen molar-refractivity contribution in [1.29, 1.82) is 0 Å². The number of benzene rings is 1. The first kappa shape index (κ1) is 13.4. The van der Waals surface area contributed by atoms with E-state index in [0.29, 0.717) is 12.0 Å². The Morgan fingerprint density at radius 3 is 2.61 bits per heavy atom. The van der Waals surface area contributed by atoms with E-state index < -0.39 is 0 Å². The van der Waals surface area contributed by atoms with Crippen LogP contribution in [0.1, 0.15) is 45.1 Å². The van der Waals surface area contributed by atoms with Crippen LogP contribution in [0.5, 0.6) is 0 Å². The standard InChI is InChI=1S/C16H26N2/c1-4-18-10-8-15(9-11-18)17-16-7-5-6-14(12-16)13(2)3/h5-7,12-13,15,17H,4,8-11H2,1-3H3. The third-order valence-corrected chi connectivity index (χ3v) is 3.96. The second-order valence-electron chi connectivity index (χ2n) is 5.63. The molecular weight excluding hydrogens is 220 g/mol. The van der Waals surface area contributed by atoms with E-state index >= 15 is 0 Å². The monoisotopic (exact) mass is 246 g/mol. The molecule has 1 aliphatic heterocycles. The topological polar surface area (TPSA) is 15.3 Å². The van der Waals surface area contributed by atoms with E-state index in [4.69, 9.17) is 0 Å². The molecule has 2 rings (SSSR count). The summed E-state index contributed by atoms with van der Waals surface area (Å²) >= 11 is 0. The van der Waals surface area contributed by atoms with Gasteiger partial charge in [-0.05, 0) is 43.0 Å². The molecule has 2 nitrogen and oxygen atoms in total. The average Bonchev–Trinajstić information content (AvgIpc) is 2.40. The summed E-state index contributed by atoms with van der Waals surface area (Å²) < 4.78 is 0. The van der Waals surface area contributed by atoms with Gasteiger partial charge in [-0.15, -0.1) is 0 Å². The minimum atomic E-state index is 0.605. The Kier molecular flexibility index (Phi) is 4.65. The summed E-state index contributed by atoms with van der Waals surface area (Å²) in [5.74, 6) is 0.605. The van der Waals surface area contributed by atoms with Gasteiger partial charge >= 0.3 is 0 Å². The minimum Gasteiger partial charge on any atom is -0.382 e. The van der Waals surface area contributed by atoms with Crippen molar-refractivity contribution in [2.24, 2.45) is 0 Å². The van der Waals surface area contributed by atoms with Gasteiger partial charge in [-0.1, -0.05) is 32.9 Å². The minimum absolute atomic E-state index is 0.605. The van der Waals surface area contributed by atoms with Crippen LogP contribution in [0.2, 0.25) is 0 Å². The van der Waals surface area contributed by atoms with Gasteiger partial charge in [0.2, 0.25) is 0 Å². The van der Waals surface area contributed by atoms with Gasteiger partial charge in [-0.25, -0.2) is 0 Å². The second-order valence-corrected chi connectivity index (χ2v) is 5.63. The maximum Gasteiger partial charge on any atom is 0.0345 e. The zero-order valence-electron chi connectivity index (χ0n) is 11.9. The van der Waals surface area contributed by atoms with Crippen molar-refractivity contribution in [3.63, 3.8) is 0 Å². The fourth-order valence-corrected chi connectivity index (χ4v) is 2.62. The smallest absolute Gasteiger partial charge is 0.0345 e. The van der Waals surface area contributed by atoms with Gasteiger partial charge in [0.15, 0.2) is 0 Å². The maximum absolute atomic E-state index is 3.69. The van der Waals surface area contributed by atoms with Crippen LogP contribution in [0.15, 0.2) is 24.3 Å². The zero-order chi connectivity index (χ0) is 13.0. The Balaban J connectivity index is 1.92. The number of hydrogen-bond acceptors (Lipinski definition) is 2. The van der Waals surface area contributed by atoms with Gasteiger partial charge in [-0.3, -0.25) is 0 Å². The average molecular weight is 246 g/mol. The van der Waals surface area contributed by atoms with Crippen LogP contribution < -0.4 is 5.32 Å². The van der Waals surface area contributed by atoms with Crippen LogP contribution in [0.3, 0.4) is 0 Å². The van der Waals surface area contributed by atoms with Gasteiger partial charge in [0.1, 0.15) is 0 Å². The van der Waals surface area contributed by atoms with E-state index in [1.807, 2.05) is 0 Å². The Morgan fingerprint density at radius 2 is 2.00 bits per heavy atom. The van der Waals surface area contributed by atoms with Crippen LogP contribution in [-0.4, -0.2) is 30.6 Å². The molecule has 1 N–H and O–H groups in total. The van der Waals surface area contributed by atoms with Crippen LogP contribution >= 0.6 is 0 Å². The highest BCUT2D eigenvalue weighted by Crippen LogP contribution is 2.21. The zero-order valence-corrected chi connectivity index (χ0v) is 11.9. The fourth-order valence-electron chi connectivity index (χ4n) is 2.62. The predicted molar refractivity (Wildman–Crippen MR) is 79.3 cm³/mol. The highest BCUT2D eigenvalue weighted by atomic mass is 15.1. The highest BCUT2D eigenvalue weighted by molar-refractivity contribution is 5.47. The third-order valence-electron chi connectivity index (χ3n) is 3.96. The molecule has 2 heteroatoms. The third kappa shape index (κ3) is 3.49. The molecule has 1 aromatic rings. The summed E-state index contributed by atoms with van der Waals surface area (Å²) in [5.41, 5.74) is 2.71. The predicted octanol–water partition coefficient (Wildman–Crippen LogP) is 3.71. The second kappa shape index (κ2) is 6.24. The van der Waals surface area contributed by atoms with Gasteiger partial charge < -0.3 is 10.2 Å². The van der Waals surface area contributed by atoms with E-state index in [1.165, 1.54) is 43.7 Å². The lowest BCUT2D eigenvalue weighted by molar-refractivity contribution is 0.229.